The van der Waals surface area contributed by atoms with E-state index >= 15 is 0 Å². The third kappa shape index (κ3) is 3.47. The molecule has 0 spiro atoms. The highest BCUT2D eigenvalue weighted by Crippen LogP contribution is 2.51. The van der Waals surface area contributed by atoms with E-state index in [4.69, 9.17) is 5.10 Å². The van der Waals surface area contributed by atoms with Gasteiger partial charge in [0.05, 0.1) is 22.9 Å². The van der Waals surface area contributed by atoms with Crippen molar-refractivity contribution in [3.05, 3.63) is 96.6 Å². The van der Waals surface area contributed by atoms with Crippen LogP contribution < -0.4 is 5.32 Å². The number of aromatic carboxylic acids is 1. The smallest absolute Gasteiger partial charge is 0.337 e. The second kappa shape index (κ2) is 8.32. The number of aromatic nitrogens is 2. The Morgan fingerprint density at radius 2 is 1.91 bits per heavy atom. The Kier molecular flexibility index (Phi) is 5.23. The molecule has 8 heteroatoms. The van der Waals surface area contributed by atoms with Crippen LogP contribution in [0.5, 0.6) is 0 Å². The van der Waals surface area contributed by atoms with Gasteiger partial charge in [-0.1, -0.05) is 18.2 Å². The highest BCUT2D eigenvalue weighted by atomic mass is 32.1. The van der Waals surface area contributed by atoms with Crippen LogP contribution in [0, 0.1) is 13.8 Å². The van der Waals surface area contributed by atoms with Gasteiger partial charge in [0.2, 0.25) is 0 Å². The van der Waals surface area contributed by atoms with Crippen molar-refractivity contribution in [1.82, 2.24) is 9.78 Å². The van der Waals surface area contributed by atoms with E-state index in [-0.39, 0.29) is 23.2 Å². The number of anilines is 1. The monoisotopic (exact) mass is 501 g/mol. The summed E-state index contributed by atoms with van der Waals surface area (Å²) >= 11 is 3.34. The van der Waals surface area contributed by atoms with Crippen molar-refractivity contribution in [2.75, 3.05) is 5.32 Å². The summed E-state index contributed by atoms with van der Waals surface area (Å²) in [7, 11) is 0. The molecule has 0 saturated carbocycles. The lowest BCUT2D eigenvalue weighted by Gasteiger charge is -2.35. The molecule has 2 N–H and O–H groups in total. The minimum Gasteiger partial charge on any atom is -0.478 e. The van der Waals surface area contributed by atoms with E-state index in [1.165, 1.54) is 4.88 Å². The van der Waals surface area contributed by atoms with Gasteiger partial charge in [0.25, 0.3) is 0 Å². The Labute approximate surface area is 210 Å². The van der Waals surface area contributed by atoms with Gasteiger partial charge in [0.15, 0.2) is 5.78 Å². The number of carbonyl (C=O) groups is 2. The zero-order valence-corrected chi connectivity index (χ0v) is 20.9. The first kappa shape index (κ1) is 22.0. The Morgan fingerprint density at radius 1 is 1.09 bits per heavy atom. The molecule has 1 aliphatic heterocycles. The SMILES string of the molecule is Cc1ccsc1[C@H]1C2=C(C[C@H](c3cccs3)CC2=O)Nc2c1c(C)nn2-c1ccccc1C(=O)O. The minimum atomic E-state index is -1.01. The van der Waals surface area contributed by atoms with Gasteiger partial charge >= 0.3 is 5.97 Å². The first-order valence-electron chi connectivity index (χ1n) is 11.5. The van der Waals surface area contributed by atoms with Gasteiger partial charge in [-0.05, 0) is 60.9 Å². The van der Waals surface area contributed by atoms with Crippen molar-refractivity contribution in [3.8, 4) is 5.69 Å². The zero-order chi connectivity index (χ0) is 24.3. The standard InChI is InChI=1S/C27H23N3O3S2/c1-14-9-11-35-25(14)24-22-15(2)29-30(19-7-4-3-6-17(19)27(32)33)26(22)28-18-12-16(13-20(31)23(18)24)21-8-5-10-34-21/h3-11,16,24,28H,12-13H2,1-2H3,(H,32,33)/t16-,24+/m0/s1. The Balaban J connectivity index is 1.57. The van der Waals surface area contributed by atoms with Crippen LogP contribution in [0.2, 0.25) is 0 Å². The third-order valence-electron chi connectivity index (χ3n) is 6.93. The molecular formula is C27H23N3O3S2. The second-order valence-corrected chi connectivity index (χ2v) is 11.0. The maximum absolute atomic E-state index is 13.7. The van der Waals surface area contributed by atoms with Gasteiger partial charge < -0.3 is 10.4 Å². The van der Waals surface area contributed by atoms with Crippen LogP contribution in [0.25, 0.3) is 5.69 Å². The molecule has 176 valence electrons. The van der Waals surface area contributed by atoms with Crippen LogP contribution in [-0.4, -0.2) is 26.6 Å². The fourth-order valence-electron chi connectivity index (χ4n) is 5.36. The molecule has 1 aromatic carbocycles. The van der Waals surface area contributed by atoms with Crippen molar-refractivity contribution in [2.45, 2.75) is 38.5 Å². The number of para-hydroxylation sites is 1. The number of benzene rings is 1. The summed E-state index contributed by atoms with van der Waals surface area (Å²) in [5.41, 5.74) is 5.29. The summed E-state index contributed by atoms with van der Waals surface area (Å²) in [6, 6.07) is 13.1. The number of carboxylic acids is 1. The van der Waals surface area contributed by atoms with Crippen LogP contribution in [-0.2, 0) is 4.79 Å². The molecule has 6 nitrogen and oxygen atoms in total. The number of hydrogen-bond donors (Lipinski definition) is 2. The lowest BCUT2D eigenvalue weighted by atomic mass is 9.75. The quantitative estimate of drug-likeness (QED) is 0.344. The number of Topliss-reactive ketones (excluding diaryl/α,β-unsaturated/α-hetero) is 1. The average molecular weight is 502 g/mol. The number of hydrogen-bond acceptors (Lipinski definition) is 6. The van der Waals surface area contributed by atoms with E-state index in [9.17, 15) is 14.7 Å². The average Bonchev–Trinajstić information content (AvgIpc) is 3.59. The summed E-state index contributed by atoms with van der Waals surface area (Å²) in [5.74, 6) is -0.187. The zero-order valence-electron chi connectivity index (χ0n) is 19.2. The molecule has 1 aliphatic carbocycles. The number of fused-ring (bicyclic) bond motifs is 1. The van der Waals surface area contributed by atoms with Crippen LogP contribution in [0.4, 0.5) is 5.82 Å². The lowest BCUT2D eigenvalue weighted by molar-refractivity contribution is -0.116. The predicted molar refractivity (Wildman–Crippen MR) is 138 cm³/mol. The Hall–Kier alpha value is -3.49. The van der Waals surface area contributed by atoms with E-state index in [2.05, 4.69) is 35.1 Å². The van der Waals surface area contributed by atoms with Crippen LogP contribution >= 0.6 is 22.7 Å². The number of nitrogens with zero attached hydrogens (tertiary/aromatic N) is 2. The highest BCUT2D eigenvalue weighted by molar-refractivity contribution is 7.10. The molecule has 2 atom stereocenters. The van der Waals surface area contributed by atoms with Crippen molar-refractivity contribution < 1.29 is 14.7 Å². The van der Waals surface area contributed by atoms with E-state index in [0.29, 0.717) is 12.1 Å². The van der Waals surface area contributed by atoms with Gasteiger partial charge in [-0.2, -0.15) is 5.10 Å². The number of rotatable bonds is 4. The number of carboxylic acid groups (broad SMARTS) is 1. The van der Waals surface area contributed by atoms with Crippen molar-refractivity contribution in [2.24, 2.45) is 0 Å². The topological polar surface area (TPSA) is 84.2 Å². The largest absolute Gasteiger partial charge is 0.478 e. The Bertz CT molecular complexity index is 1510. The van der Waals surface area contributed by atoms with Gasteiger partial charge in [0.1, 0.15) is 5.82 Å². The molecule has 0 amide bonds. The number of carbonyl (C=O) groups excluding carboxylic acids is 1. The Morgan fingerprint density at radius 3 is 2.63 bits per heavy atom. The molecule has 0 radical (unpaired) electrons. The summed E-state index contributed by atoms with van der Waals surface area (Å²) in [5, 5.41) is 22.3. The molecule has 2 aliphatic rings. The van der Waals surface area contributed by atoms with Gasteiger partial charge in [0, 0.05) is 38.9 Å². The van der Waals surface area contributed by atoms with Crippen molar-refractivity contribution in [1.29, 1.82) is 0 Å². The fourth-order valence-corrected chi connectivity index (χ4v) is 7.23. The molecule has 0 fully saturated rings. The maximum atomic E-state index is 13.7. The minimum absolute atomic E-state index is 0.129. The number of allylic oxidation sites excluding steroid dienone is 2. The van der Waals surface area contributed by atoms with Crippen LogP contribution in [0.1, 0.15) is 61.6 Å². The van der Waals surface area contributed by atoms with E-state index in [0.717, 1.165) is 45.2 Å². The molecule has 0 saturated heterocycles. The molecule has 4 heterocycles. The highest BCUT2D eigenvalue weighted by Gasteiger charge is 2.42. The molecule has 4 aromatic rings. The van der Waals surface area contributed by atoms with E-state index in [1.54, 1.807) is 45.6 Å². The number of ketones is 1. The van der Waals surface area contributed by atoms with Crippen LogP contribution in [0.15, 0.2) is 64.5 Å². The number of thiophene rings is 2. The van der Waals surface area contributed by atoms with Gasteiger partial charge in [-0.25, -0.2) is 9.48 Å². The number of aryl methyl sites for hydroxylation is 2. The van der Waals surface area contributed by atoms with Gasteiger partial charge in [-0.3, -0.25) is 4.79 Å². The van der Waals surface area contributed by atoms with Crippen molar-refractivity contribution >= 4 is 40.2 Å². The maximum Gasteiger partial charge on any atom is 0.337 e. The lowest BCUT2D eigenvalue weighted by Crippen LogP contribution is -2.30. The molecule has 35 heavy (non-hydrogen) atoms. The van der Waals surface area contributed by atoms with E-state index < -0.39 is 5.97 Å². The fraction of sp³-hybridized carbons (Fsp3) is 0.222. The molecular weight excluding hydrogens is 478 g/mol. The first-order valence-corrected chi connectivity index (χ1v) is 13.2. The predicted octanol–water partition coefficient (Wildman–Crippen LogP) is 6.27. The van der Waals surface area contributed by atoms with E-state index in [1.807, 2.05) is 19.1 Å². The summed E-state index contributed by atoms with van der Waals surface area (Å²) in [6.45, 7) is 4.01. The normalized spacial score (nSPS) is 19.3. The number of nitrogens with one attached hydrogen (secondary N) is 1. The first-order chi connectivity index (χ1) is 16.9. The molecule has 3 aromatic heterocycles. The molecule has 0 bridgehead atoms. The van der Waals surface area contributed by atoms with Crippen LogP contribution in [0.3, 0.4) is 0 Å². The summed E-state index contributed by atoms with van der Waals surface area (Å²) < 4.78 is 1.70. The molecule has 6 rings (SSSR count). The summed E-state index contributed by atoms with van der Waals surface area (Å²) in [6.07, 6.45) is 1.22. The van der Waals surface area contributed by atoms with Gasteiger partial charge in [-0.15, -0.1) is 22.7 Å². The molecule has 0 unspecified atom stereocenters. The second-order valence-electron chi connectivity index (χ2n) is 9.04. The third-order valence-corrected chi connectivity index (χ3v) is 9.05. The van der Waals surface area contributed by atoms with Crippen molar-refractivity contribution in [3.63, 3.8) is 0 Å². The summed E-state index contributed by atoms with van der Waals surface area (Å²) in [4.78, 5) is 28.0.